The van der Waals surface area contributed by atoms with E-state index in [9.17, 15) is 14.4 Å². The molecule has 132 valence electrons. The van der Waals surface area contributed by atoms with Gasteiger partial charge in [-0.25, -0.2) is 4.79 Å². The Morgan fingerprint density at radius 3 is 2.12 bits per heavy atom. The van der Waals surface area contributed by atoms with E-state index in [4.69, 9.17) is 4.84 Å². The van der Waals surface area contributed by atoms with E-state index >= 15 is 0 Å². The molecule has 2 amide bonds. The van der Waals surface area contributed by atoms with Crippen molar-refractivity contribution in [2.75, 3.05) is 0 Å². The molecule has 1 aliphatic carbocycles. The number of nitrogens with zero attached hydrogens (tertiary/aromatic N) is 1. The minimum Gasteiger partial charge on any atom is -0.329 e. The highest BCUT2D eigenvalue weighted by Crippen LogP contribution is 2.48. The lowest BCUT2D eigenvalue weighted by molar-refractivity contribution is -0.170. The third kappa shape index (κ3) is 2.69. The van der Waals surface area contributed by atoms with Crippen molar-refractivity contribution in [3.05, 3.63) is 70.8 Å². The van der Waals surface area contributed by atoms with E-state index in [1.54, 1.807) is 24.3 Å². The summed E-state index contributed by atoms with van der Waals surface area (Å²) in [6.07, 6.45) is 0.670. The molecule has 26 heavy (non-hydrogen) atoms. The molecule has 0 bridgehead atoms. The first-order chi connectivity index (χ1) is 12.5. The van der Waals surface area contributed by atoms with Crippen molar-refractivity contribution < 1.29 is 19.2 Å². The van der Waals surface area contributed by atoms with E-state index in [2.05, 4.69) is 26.0 Å². The van der Waals surface area contributed by atoms with Crippen LogP contribution in [0.15, 0.2) is 48.5 Å². The van der Waals surface area contributed by atoms with Gasteiger partial charge in [0.05, 0.1) is 17.0 Å². The number of fused-ring (bicyclic) bond motifs is 1. The molecule has 0 N–H and O–H groups in total. The van der Waals surface area contributed by atoms with Crippen molar-refractivity contribution in [2.24, 2.45) is 5.92 Å². The van der Waals surface area contributed by atoms with E-state index in [1.165, 1.54) is 5.56 Å². The fourth-order valence-corrected chi connectivity index (χ4v) is 3.36. The maximum atomic E-state index is 12.4. The van der Waals surface area contributed by atoms with Gasteiger partial charge in [0.15, 0.2) is 0 Å². The van der Waals surface area contributed by atoms with Crippen LogP contribution in [0.5, 0.6) is 0 Å². The molecule has 1 fully saturated rings. The number of imide groups is 1. The van der Waals surface area contributed by atoms with Gasteiger partial charge in [0.25, 0.3) is 11.8 Å². The number of benzene rings is 2. The minimum atomic E-state index is -0.586. The molecule has 5 nitrogen and oxygen atoms in total. The second-order valence-electron chi connectivity index (χ2n) is 7.13. The van der Waals surface area contributed by atoms with E-state index in [1.807, 2.05) is 12.1 Å². The van der Waals surface area contributed by atoms with Gasteiger partial charge in [-0.15, -0.1) is 0 Å². The van der Waals surface area contributed by atoms with Crippen molar-refractivity contribution in [1.82, 2.24) is 5.06 Å². The molecule has 1 saturated carbocycles. The molecule has 2 unspecified atom stereocenters. The summed E-state index contributed by atoms with van der Waals surface area (Å²) in [5.41, 5.74) is 2.86. The number of hydrogen-bond donors (Lipinski definition) is 0. The van der Waals surface area contributed by atoms with Crippen LogP contribution >= 0.6 is 0 Å². The zero-order chi connectivity index (χ0) is 18.4. The fraction of sp³-hybridized carbons (Fsp3) is 0.286. The van der Waals surface area contributed by atoms with Crippen LogP contribution in [0.4, 0.5) is 0 Å². The van der Waals surface area contributed by atoms with Crippen LogP contribution in [0.3, 0.4) is 0 Å². The predicted molar refractivity (Wildman–Crippen MR) is 94.4 cm³/mol. The molecule has 2 aliphatic rings. The van der Waals surface area contributed by atoms with Gasteiger partial charge in [-0.3, -0.25) is 9.59 Å². The maximum Gasteiger partial charge on any atom is 0.336 e. The number of amides is 2. The molecule has 0 aromatic heterocycles. The first-order valence-electron chi connectivity index (χ1n) is 8.77. The van der Waals surface area contributed by atoms with Crippen molar-refractivity contribution in [1.29, 1.82) is 0 Å². The van der Waals surface area contributed by atoms with Gasteiger partial charge >= 0.3 is 5.97 Å². The van der Waals surface area contributed by atoms with Crippen molar-refractivity contribution >= 4 is 17.8 Å². The van der Waals surface area contributed by atoms with Crippen LogP contribution in [-0.4, -0.2) is 22.8 Å². The number of rotatable bonds is 4. The molecule has 5 heteroatoms. The Bertz CT molecular complexity index is 865. The fourth-order valence-electron chi connectivity index (χ4n) is 3.36. The van der Waals surface area contributed by atoms with Gasteiger partial charge in [0.1, 0.15) is 0 Å². The summed E-state index contributed by atoms with van der Waals surface area (Å²) >= 11 is 0. The van der Waals surface area contributed by atoms with Gasteiger partial charge < -0.3 is 4.84 Å². The summed E-state index contributed by atoms with van der Waals surface area (Å²) in [5.74, 6) is -1.48. The highest BCUT2D eigenvalue weighted by Gasteiger charge is 2.48. The zero-order valence-electron chi connectivity index (χ0n) is 14.6. The Morgan fingerprint density at radius 2 is 1.58 bits per heavy atom. The van der Waals surface area contributed by atoms with Gasteiger partial charge in [-0.1, -0.05) is 55.3 Å². The molecule has 2 aromatic carbocycles. The Labute approximate surface area is 151 Å². The molecule has 1 heterocycles. The molecular weight excluding hydrogens is 330 g/mol. The lowest BCUT2D eigenvalue weighted by Gasteiger charge is -2.12. The number of carbonyl (C=O) groups is 3. The van der Waals surface area contributed by atoms with Crippen molar-refractivity contribution in [3.8, 4) is 0 Å². The summed E-state index contributed by atoms with van der Waals surface area (Å²) in [6.45, 7) is 4.27. The maximum absolute atomic E-state index is 12.4. The van der Waals surface area contributed by atoms with Crippen LogP contribution in [0.1, 0.15) is 63.9 Å². The Kier molecular flexibility index (Phi) is 3.87. The smallest absolute Gasteiger partial charge is 0.329 e. The Balaban J connectivity index is 1.43. The van der Waals surface area contributed by atoms with Crippen LogP contribution in [0.25, 0.3) is 0 Å². The van der Waals surface area contributed by atoms with E-state index in [-0.39, 0.29) is 23.0 Å². The largest absolute Gasteiger partial charge is 0.336 e. The first kappa shape index (κ1) is 16.5. The van der Waals surface area contributed by atoms with Crippen LogP contribution in [0.2, 0.25) is 0 Å². The number of hydrogen-bond acceptors (Lipinski definition) is 4. The Hall–Kier alpha value is -2.95. The highest BCUT2D eigenvalue weighted by molar-refractivity contribution is 6.20. The summed E-state index contributed by atoms with van der Waals surface area (Å²) in [5, 5.41) is 0.588. The molecule has 2 aromatic rings. The van der Waals surface area contributed by atoms with E-state index in [0.717, 1.165) is 5.56 Å². The quantitative estimate of drug-likeness (QED) is 0.790. The van der Waals surface area contributed by atoms with Crippen molar-refractivity contribution in [2.45, 2.75) is 32.1 Å². The molecule has 0 spiro atoms. The van der Waals surface area contributed by atoms with Gasteiger partial charge in [-0.05, 0) is 41.5 Å². The second kappa shape index (κ2) is 6.09. The van der Waals surface area contributed by atoms with Gasteiger partial charge in [-0.2, -0.15) is 0 Å². The standard InChI is InChI=1S/C21H19NO4/c1-12(2)13-7-9-14(10-8-13)17-11-18(17)21(25)26-22-19(23)15-5-3-4-6-16(15)20(22)24/h3-10,12,17-18H,11H2,1-2H3. The third-order valence-corrected chi connectivity index (χ3v) is 5.06. The number of hydroxylamine groups is 2. The predicted octanol–water partition coefficient (Wildman–Crippen LogP) is 3.67. The SMILES string of the molecule is CC(C)c1ccc(C2CC2C(=O)ON2C(=O)c3ccccc3C2=O)cc1. The number of carbonyl (C=O) groups excluding carboxylic acids is 3. The van der Waals surface area contributed by atoms with Gasteiger partial charge in [0.2, 0.25) is 0 Å². The average Bonchev–Trinajstić information content (AvgIpc) is 3.42. The molecule has 4 rings (SSSR count). The summed E-state index contributed by atoms with van der Waals surface area (Å²) in [4.78, 5) is 42.1. The average molecular weight is 349 g/mol. The molecule has 2 atom stereocenters. The summed E-state index contributed by atoms with van der Waals surface area (Å²) in [7, 11) is 0. The zero-order valence-corrected chi connectivity index (χ0v) is 14.6. The van der Waals surface area contributed by atoms with E-state index in [0.29, 0.717) is 17.4 Å². The summed E-state index contributed by atoms with van der Waals surface area (Å²) in [6, 6.07) is 14.7. The molecular formula is C21H19NO4. The molecule has 0 saturated heterocycles. The van der Waals surface area contributed by atoms with Crippen LogP contribution in [0, 0.1) is 5.92 Å². The topological polar surface area (TPSA) is 63.7 Å². The normalized spacial score (nSPS) is 21.1. The summed E-state index contributed by atoms with van der Waals surface area (Å²) < 4.78 is 0. The highest BCUT2D eigenvalue weighted by atomic mass is 16.7. The van der Waals surface area contributed by atoms with Crippen LogP contribution < -0.4 is 0 Å². The van der Waals surface area contributed by atoms with Crippen molar-refractivity contribution in [3.63, 3.8) is 0 Å². The molecule has 1 aliphatic heterocycles. The van der Waals surface area contributed by atoms with Gasteiger partial charge in [0, 0.05) is 0 Å². The first-order valence-corrected chi connectivity index (χ1v) is 8.77. The van der Waals surface area contributed by atoms with Crippen LogP contribution in [-0.2, 0) is 9.63 Å². The van der Waals surface area contributed by atoms with E-state index < -0.39 is 17.8 Å². The lowest BCUT2D eigenvalue weighted by atomic mass is 10.00. The molecule has 0 radical (unpaired) electrons. The lowest BCUT2D eigenvalue weighted by Crippen LogP contribution is -2.33. The second-order valence-corrected chi connectivity index (χ2v) is 7.13. The Morgan fingerprint density at radius 1 is 1.00 bits per heavy atom. The minimum absolute atomic E-state index is 0.0823. The monoisotopic (exact) mass is 349 g/mol. The third-order valence-electron chi connectivity index (χ3n) is 5.06.